The topological polar surface area (TPSA) is 47.0 Å². The molecule has 0 saturated carbocycles. The molecule has 1 N–H and O–H groups in total. The Morgan fingerprint density at radius 1 is 1.14 bits per heavy atom. The summed E-state index contributed by atoms with van der Waals surface area (Å²) in [6, 6.07) is 10.9. The largest absolute Gasteiger partial charge is 0.480 e. The van der Waals surface area contributed by atoms with Gasteiger partial charge in [0.1, 0.15) is 5.69 Å². The Morgan fingerprint density at radius 3 is 2.62 bits per heavy atom. The van der Waals surface area contributed by atoms with Crippen LogP contribution in [0.1, 0.15) is 37.1 Å². The first kappa shape index (κ1) is 15.4. The Morgan fingerprint density at radius 2 is 1.90 bits per heavy atom. The second-order valence-corrected chi connectivity index (χ2v) is 4.97. The van der Waals surface area contributed by atoms with Crippen molar-refractivity contribution in [3.8, 4) is 5.88 Å². The molecule has 0 radical (unpaired) electrons. The molecule has 1 aromatic heterocycles. The molecule has 0 aliphatic carbocycles. The van der Waals surface area contributed by atoms with Gasteiger partial charge in [0.15, 0.2) is 0 Å². The van der Waals surface area contributed by atoms with E-state index in [1.807, 2.05) is 6.07 Å². The van der Waals surface area contributed by atoms with Gasteiger partial charge in [0.05, 0.1) is 7.11 Å². The maximum Gasteiger partial charge on any atom is 0.235 e. The van der Waals surface area contributed by atoms with Crippen LogP contribution in [-0.2, 0) is 6.42 Å². The maximum absolute atomic E-state index is 5.27. The number of hydrogen-bond acceptors (Lipinski definition) is 4. The number of methoxy groups -OCH3 is 1. The van der Waals surface area contributed by atoms with Gasteiger partial charge in [-0.05, 0) is 31.4 Å². The van der Waals surface area contributed by atoms with Gasteiger partial charge < -0.3 is 10.1 Å². The van der Waals surface area contributed by atoms with Crippen LogP contribution in [0.25, 0.3) is 0 Å². The lowest BCUT2D eigenvalue weighted by Gasteiger charge is -2.19. The highest BCUT2D eigenvalue weighted by Crippen LogP contribution is 2.21. The van der Waals surface area contributed by atoms with E-state index in [0.29, 0.717) is 11.9 Å². The fraction of sp³-hybridized carbons (Fsp3) is 0.412. The molecule has 4 nitrogen and oxygen atoms in total. The summed E-state index contributed by atoms with van der Waals surface area (Å²) in [7, 11) is 1.64. The van der Waals surface area contributed by atoms with Gasteiger partial charge >= 0.3 is 0 Å². The average molecular weight is 285 g/mol. The monoisotopic (exact) mass is 285 g/mol. The number of ether oxygens (including phenoxy) is 1. The predicted molar refractivity (Wildman–Crippen MR) is 84.4 cm³/mol. The van der Waals surface area contributed by atoms with Crippen LogP contribution in [0.5, 0.6) is 5.88 Å². The van der Waals surface area contributed by atoms with Crippen LogP contribution in [0, 0.1) is 0 Å². The van der Waals surface area contributed by atoms with Crippen LogP contribution in [0.3, 0.4) is 0 Å². The number of aryl methyl sites for hydroxylation is 1. The molecule has 0 spiro atoms. The van der Waals surface area contributed by atoms with Crippen molar-refractivity contribution >= 4 is 0 Å². The summed E-state index contributed by atoms with van der Waals surface area (Å²) >= 11 is 0. The highest BCUT2D eigenvalue weighted by atomic mass is 16.5. The summed E-state index contributed by atoms with van der Waals surface area (Å²) in [5.41, 5.74) is 2.23. The summed E-state index contributed by atoms with van der Waals surface area (Å²) in [6.07, 6.45) is 6.31. The van der Waals surface area contributed by atoms with E-state index < -0.39 is 0 Å². The average Bonchev–Trinajstić information content (AvgIpc) is 2.56. The van der Waals surface area contributed by atoms with Gasteiger partial charge in [-0.15, -0.1) is 0 Å². The third-order valence-corrected chi connectivity index (χ3v) is 3.44. The second kappa shape index (κ2) is 8.37. The quantitative estimate of drug-likeness (QED) is 0.809. The lowest BCUT2D eigenvalue weighted by atomic mass is 10.0. The zero-order chi connectivity index (χ0) is 14.9. The van der Waals surface area contributed by atoms with E-state index in [4.69, 9.17) is 4.74 Å². The lowest BCUT2D eigenvalue weighted by molar-refractivity contribution is 0.386. The fourth-order valence-corrected chi connectivity index (χ4v) is 2.37. The third kappa shape index (κ3) is 4.53. The van der Waals surface area contributed by atoms with Gasteiger partial charge in [0, 0.05) is 18.4 Å². The number of hydrogen-bond donors (Lipinski definition) is 1. The Kier molecular flexibility index (Phi) is 6.16. The highest BCUT2D eigenvalue weighted by molar-refractivity contribution is 5.21. The summed E-state index contributed by atoms with van der Waals surface area (Å²) in [5.74, 6) is 0.625. The second-order valence-electron chi connectivity index (χ2n) is 4.97. The van der Waals surface area contributed by atoms with E-state index in [1.54, 1.807) is 19.5 Å². The molecule has 0 fully saturated rings. The zero-order valence-corrected chi connectivity index (χ0v) is 12.7. The van der Waals surface area contributed by atoms with Crippen LogP contribution in [0.4, 0.5) is 0 Å². The van der Waals surface area contributed by atoms with Gasteiger partial charge in [-0.3, -0.25) is 4.98 Å². The molecule has 2 aromatic rings. The molecule has 1 unspecified atom stereocenters. The van der Waals surface area contributed by atoms with Gasteiger partial charge in [0.25, 0.3) is 0 Å². The minimum absolute atomic E-state index is 0.331. The number of nitrogens with zero attached hydrogens (tertiary/aromatic N) is 2. The zero-order valence-electron chi connectivity index (χ0n) is 12.7. The highest BCUT2D eigenvalue weighted by Gasteiger charge is 2.13. The molecular weight excluding hydrogens is 262 g/mol. The Balaban J connectivity index is 2.05. The molecule has 0 aliphatic heterocycles. The van der Waals surface area contributed by atoms with Crippen molar-refractivity contribution in [2.45, 2.75) is 32.2 Å². The number of aromatic nitrogens is 2. The van der Waals surface area contributed by atoms with E-state index in [2.05, 4.69) is 46.5 Å². The van der Waals surface area contributed by atoms with E-state index in [0.717, 1.165) is 31.5 Å². The molecule has 4 heteroatoms. The normalized spacial score (nSPS) is 12.1. The van der Waals surface area contributed by atoms with E-state index in [9.17, 15) is 0 Å². The summed E-state index contributed by atoms with van der Waals surface area (Å²) in [6.45, 7) is 3.19. The van der Waals surface area contributed by atoms with E-state index in [-0.39, 0.29) is 0 Å². The number of benzene rings is 1. The Bertz CT molecular complexity index is 531. The summed E-state index contributed by atoms with van der Waals surface area (Å²) < 4.78 is 5.27. The molecular formula is C17H23N3O. The molecule has 0 bridgehead atoms. The minimum atomic E-state index is 0.331. The standard InChI is InChI=1S/C17H23N3O/c1-3-11-18-15(14-7-5-4-6-8-14)9-10-16-17(21-2)20-13-12-19-16/h4-8,12-13,15,18H,3,9-11H2,1-2H3. The van der Waals surface area contributed by atoms with Gasteiger partial charge in [0.2, 0.25) is 5.88 Å². The molecule has 0 amide bonds. The van der Waals surface area contributed by atoms with Crippen molar-refractivity contribution in [2.75, 3.05) is 13.7 Å². The Labute approximate surface area is 126 Å². The van der Waals surface area contributed by atoms with Crippen LogP contribution in [-0.4, -0.2) is 23.6 Å². The molecule has 0 saturated heterocycles. The first-order chi connectivity index (χ1) is 10.3. The van der Waals surface area contributed by atoms with Crippen molar-refractivity contribution in [1.82, 2.24) is 15.3 Å². The van der Waals surface area contributed by atoms with Gasteiger partial charge in [-0.1, -0.05) is 37.3 Å². The lowest BCUT2D eigenvalue weighted by Crippen LogP contribution is -2.22. The first-order valence-corrected chi connectivity index (χ1v) is 7.47. The number of nitrogens with one attached hydrogen (secondary N) is 1. The van der Waals surface area contributed by atoms with E-state index >= 15 is 0 Å². The van der Waals surface area contributed by atoms with Crippen LogP contribution in [0.15, 0.2) is 42.7 Å². The summed E-state index contributed by atoms with van der Waals surface area (Å²) in [4.78, 5) is 8.59. The molecule has 1 heterocycles. The van der Waals surface area contributed by atoms with Crippen molar-refractivity contribution in [3.05, 3.63) is 54.0 Å². The summed E-state index contributed by atoms with van der Waals surface area (Å²) in [5, 5.41) is 3.60. The molecule has 1 atom stereocenters. The van der Waals surface area contributed by atoms with Crippen LogP contribution < -0.4 is 10.1 Å². The predicted octanol–water partition coefficient (Wildman–Crippen LogP) is 3.16. The van der Waals surface area contributed by atoms with Crippen LogP contribution >= 0.6 is 0 Å². The first-order valence-electron chi connectivity index (χ1n) is 7.47. The van der Waals surface area contributed by atoms with Crippen molar-refractivity contribution in [3.63, 3.8) is 0 Å². The van der Waals surface area contributed by atoms with Crippen molar-refractivity contribution < 1.29 is 4.74 Å². The third-order valence-electron chi connectivity index (χ3n) is 3.44. The van der Waals surface area contributed by atoms with Gasteiger partial charge in [-0.25, -0.2) is 4.98 Å². The molecule has 2 rings (SSSR count). The molecule has 0 aliphatic rings. The fourth-order valence-electron chi connectivity index (χ4n) is 2.37. The SMILES string of the molecule is CCCNC(CCc1nccnc1OC)c1ccccc1. The molecule has 1 aromatic carbocycles. The maximum atomic E-state index is 5.27. The van der Waals surface area contributed by atoms with Crippen molar-refractivity contribution in [1.29, 1.82) is 0 Å². The van der Waals surface area contributed by atoms with Crippen LogP contribution in [0.2, 0.25) is 0 Å². The van der Waals surface area contributed by atoms with Crippen molar-refractivity contribution in [2.24, 2.45) is 0 Å². The smallest absolute Gasteiger partial charge is 0.235 e. The Hall–Kier alpha value is -1.94. The molecule has 21 heavy (non-hydrogen) atoms. The number of rotatable bonds is 8. The van der Waals surface area contributed by atoms with E-state index in [1.165, 1.54) is 5.56 Å². The molecule has 112 valence electrons. The minimum Gasteiger partial charge on any atom is -0.480 e. The van der Waals surface area contributed by atoms with Gasteiger partial charge in [-0.2, -0.15) is 0 Å².